The standard InChI is InChI=1S/C15H12BrN5O/c1-11-14(15(22)20(8-6-17)9-7-18)10-19-21(11)13-4-2-12(16)3-5-13/h2-5,10H,8-9H2,1H3. The summed E-state index contributed by atoms with van der Waals surface area (Å²) in [5.41, 5.74) is 1.87. The number of rotatable bonds is 4. The number of aromatic nitrogens is 2. The Labute approximate surface area is 136 Å². The van der Waals surface area contributed by atoms with Crippen molar-refractivity contribution in [2.75, 3.05) is 13.1 Å². The Morgan fingerprint density at radius 3 is 2.41 bits per heavy atom. The van der Waals surface area contributed by atoms with E-state index in [0.717, 1.165) is 10.2 Å². The van der Waals surface area contributed by atoms with Gasteiger partial charge in [0, 0.05) is 4.47 Å². The Balaban J connectivity index is 2.35. The number of carbonyl (C=O) groups is 1. The van der Waals surface area contributed by atoms with Crippen molar-refractivity contribution in [3.05, 3.63) is 46.2 Å². The number of hydrogen-bond donors (Lipinski definition) is 0. The van der Waals surface area contributed by atoms with Gasteiger partial charge in [0.1, 0.15) is 13.1 Å². The molecule has 7 heteroatoms. The highest BCUT2D eigenvalue weighted by Crippen LogP contribution is 2.18. The van der Waals surface area contributed by atoms with Crippen LogP contribution in [0, 0.1) is 29.6 Å². The van der Waals surface area contributed by atoms with Crippen LogP contribution in [0.5, 0.6) is 0 Å². The fourth-order valence-electron chi connectivity index (χ4n) is 2.00. The molecule has 2 rings (SSSR count). The van der Waals surface area contributed by atoms with Crippen LogP contribution in [-0.2, 0) is 0 Å². The second-order valence-electron chi connectivity index (χ2n) is 4.51. The molecule has 0 unspecified atom stereocenters. The van der Waals surface area contributed by atoms with E-state index in [1.807, 2.05) is 36.4 Å². The minimum absolute atomic E-state index is 0.130. The highest BCUT2D eigenvalue weighted by atomic mass is 79.9. The van der Waals surface area contributed by atoms with Gasteiger partial charge in [0.25, 0.3) is 5.91 Å². The molecule has 0 saturated carbocycles. The molecule has 110 valence electrons. The van der Waals surface area contributed by atoms with E-state index in [1.165, 1.54) is 11.1 Å². The molecule has 0 radical (unpaired) electrons. The van der Waals surface area contributed by atoms with Gasteiger partial charge in [-0.3, -0.25) is 4.79 Å². The van der Waals surface area contributed by atoms with Crippen molar-refractivity contribution in [3.63, 3.8) is 0 Å². The first-order valence-corrected chi connectivity index (χ1v) is 7.21. The maximum atomic E-state index is 12.4. The van der Waals surface area contributed by atoms with Gasteiger partial charge in [-0.2, -0.15) is 15.6 Å². The van der Waals surface area contributed by atoms with Crippen molar-refractivity contribution in [1.29, 1.82) is 10.5 Å². The fraction of sp³-hybridized carbons (Fsp3) is 0.200. The van der Waals surface area contributed by atoms with Gasteiger partial charge >= 0.3 is 0 Å². The molecule has 0 aliphatic heterocycles. The summed E-state index contributed by atoms with van der Waals surface area (Å²) in [5, 5.41) is 21.7. The third kappa shape index (κ3) is 3.16. The molecule has 6 nitrogen and oxygen atoms in total. The molecule has 0 aliphatic rings. The van der Waals surface area contributed by atoms with Crippen LogP contribution in [0.1, 0.15) is 16.1 Å². The number of nitriles is 2. The van der Waals surface area contributed by atoms with E-state index < -0.39 is 0 Å². The van der Waals surface area contributed by atoms with E-state index in [2.05, 4.69) is 21.0 Å². The Hall–Kier alpha value is -2.64. The van der Waals surface area contributed by atoms with Crippen LogP contribution in [0.2, 0.25) is 0 Å². The Kier molecular flexibility index (Phi) is 4.92. The summed E-state index contributed by atoms with van der Waals surface area (Å²) in [5.74, 6) is -0.371. The Morgan fingerprint density at radius 2 is 1.86 bits per heavy atom. The molecular formula is C15H12BrN5O. The van der Waals surface area contributed by atoms with Gasteiger partial charge in [-0.25, -0.2) is 4.68 Å². The van der Waals surface area contributed by atoms with E-state index in [9.17, 15) is 4.79 Å². The second kappa shape index (κ2) is 6.88. The largest absolute Gasteiger partial charge is 0.312 e. The third-order valence-corrected chi connectivity index (χ3v) is 3.65. The van der Waals surface area contributed by atoms with Crippen LogP contribution in [0.4, 0.5) is 0 Å². The first kappa shape index (κ1) is 15.7. The summed E-state index contributed by atoms with van der Waals surface area (Å²) in [6.45, 7) is 1.52. The number of carbonyl (C=O) groups excluding carboxylic acids is 1. The van der Waals surface area contributed by atoms with Gasteiger partial charge in [-0.1, -0.05) is 15.9 Å². The van der Waals surface area contributed by atoms with Gasteiger partial charge in [0.15, 0.2) is 0 Å². The maximum absolute atomic E-state index is 12.4. The van der Waals surface area contributed by atoms with Gasteiger partial charge in [-0.15, -0.1) is 0 Å². The topological polar surface area (TPSA) is 85.7 Å². The first-order chi connectivity index (χ1) is 10.6. The van der Waals surface area contributed by atoms with E-state index in [0.29, 0.717) is 11.3 Å². The van der Waals surface area contributed by atoms with Crippen LogP contribution in [0.3, 0.4) is 0 Å². The molecule has 0 aliphatic carbocycles. The molecule has 0 saturated heterocycles. The molecule has 1 aromatic carbocycles. The summed E-state index contributed by atoms with van der Waals surface area (Å²) in [6, 6.07) is 11.3. The van der Waals surface area contributed by atoms with Gasteiger partial charge < -0.3 is 4.90 Å². The minimum Gasteiger partial charge on any atom is -0.312 e. The summed E-state index contributed by atoms with van der Waals surface area (Å²) < 4.78 is 2.60. The summed E-state index contributed by atoms with van der Waals surface area (Å²) in [4.78, 5) is 13.6. The maximum Gasteiger partial charge on any atom is 0.259 e. The highest BCUT2D eigenvalue weighted by molar-refractivity contribution is 9.10. The van der Waals surface area contributed by atoms with Crippen LogP contribution < -0.4 is 0 Å². The lowest BCUT2D eigenvalue weighted by molar-refractivity contribution is 0.0794. The van der Waals surface area contributed by atoms with Crippen molar-refractivity contribution in [2.24, 2.45) is 0 Å². The summed E-state index contributed by atoms with van der Waals surface area (Å²) in [6.07, 6.45) is 1.46. The van der Waals surface area contributed by atoms with Gasteiger partial charge in [0.05, 0.1) is 35.3 Å². The van der Waals surface area contributed by atoms with Crippen LogP contribution in [-0.4, -0.2) is 33.7 Å². The van der Waals surface area contributed by atoms with E-state index in [1.54, 1.807) is 11.6 Å². The monoisotopic (exact) mass is 357 g/mol. The first-order valence-electron chi connectivity index (χ1n) is 6.42. The average Bonchev–Trinajstić information content (AvgIpc) is 2.89. The highest BCUT2D eigenvalue weighted by Gasteiger charge is 2.20. The predicted molar refractivity (Wildman–Crippen MR) is 83.1 cm³/mol. The molecule has 1 amide bonds. The predicted octanol–water partition coefficient (Wildman–Crippen LogP) is 2.43. The molecule has 0 N–H and O–H groups in total. The zero-order valence-electron chi connectivity index (χ0n) is 11.8. The molecule has 22 heavy (non-hydrogen) atoms. The lowest BCUT2D eigenvalue weighted by Gasteiger charge is -2.15. The zero-order valence-corrected chi connectivity index (χ0v) is 13.4. The lowest BCUT2D eigenvalue weighted by atomic mass is 10.2. The van der Waals surface area contributed by atoms with E-state index in [-0.39, 0.29) is 19.0 Å². The van der Waals surface area contributed by atoms with Crippen LogP contribution in [0.25, 0.3) is 5.69 Å². The lowest BCUT2D eigenvalue weighted by Crippen LogP contribution is -2.32. The zero-order chi connectivity index (χ0) is 16.1. The second-order valence-corrected chi connectivity index (χ2v) is 5.42. The summed E-state index contributed by atoms with van der Waals surface area (Å²) in [7, 11) is 0. The van der Waals surface area contributed by atoms with Crippen molar-refractivity contribution in [2.45, 2.75) is 6.92 Å². The molecule has 2 aromatic rings. The molecule has 1 heterocycles. The van der Waals surface area contributed by atoms with Crippen molar-refractivity contribution in [3.8, 4) is 17.8 Å². The number of nitrogens with zero attached hydrogens (tertiary/aromatic N) is 5. The molecule has 0 spiro atoms. The molecule has 1 aromatic heterocycles. The number of amides is 1. The molecule has 0 atom stereocenters. The van der Waals surface area contributed by atoms with E-state index >= 15 is 0 Å². The molecule has 0 fully saturated rings. The summed E-state index contributed by atoms with van der Waals surface area (Å²) >= 11 is 3.37. The number of hydrogen-bond acceptors (Lipinski definition) is 4. The number of halogens is 1. The average molecular weight is 358 g/mol. The Bertz CT molecular complexity index is 751. The Morgan fingerprint density at radius 1 is 1.27 bits per heavy atom. The smallest absolute Gasteiger partial charge is 0.259 e. The fourth-order valence-corrected chi connectivity index (χ4v) is 2.27. The normalized spacial score (nSPS) is 9.82. The van der Waals surface area contributed by atoms with Crippen LogP contribution >= 0.6 is 15.9 Å². The van der Waals surface area contributed by atoms with Crippen molar-refractivity contribution in [1.82, 2.24) is 14.7 Å². The van der Waals surface area contributed by atoms with Crippen LogP contribution in [0.15, 0.2) is 34.9 Å². The quantitative estimate of drug-likeness (QED) is 0.786. The molecular weight excluding hydrogens is 346 g/mol. The third-order valence-electron chi connectivity index (χ3n) is 3.12. The van der Waals surface area contributed by atoms with E-state index in [4.69, 9.17) is 10.5 Å². The van der Waals surface area contributed by atoms with Gasteiger partial charge in [-0.05, 0) is 31.2 Å². The number of benzene rings is 1. The van der Waals surface area contributed by atoms with Crippen molar-refractivity contribution >= 4 is 21.8 Å². The SMILES string of the molecule is Cc1c(C(=O)N(CC#N)CC#N)cnn1-c1ccc(Br)cc1. The molecule has 0 bridgehead atoms. The minimum atomic E-state index is -0.371. The van der Waals surface area contributed by atoms with Crippen molar-refractivity contribution < 1.29 is 4.79 Å². The van der Waals surface area contributed by atoms with Gasteiger partial charge in [0.2, 0.25) is 0 Å².